The fourth-order valence-electron chi connectivity index (χ4n) is 2.77. The molecule has 142 valence electrons. The smallest absolute Gasteiger partial charge is 0.263 e. The largest absolute Gasteiger partial charge is 0.493 e. The van der Waals surface area contributed by atoms with E-state index in [1.807, 2.05) is 26.0 Å². The third-order valence-corrected chi connectivity index (χ3v) is 4.13. The Kier molecular flexibility index (Phi) is 5.12. The molecule has 0 saturated carbocycles. The van der Waals surface area contributed by atoms with E-state index in [4.69, 9.17) is 24.0 Å². The van der Waals surface area contributed by atoms with E-state index in [0.717, 1.165) is 5.76 Å². The van der Waals surface area contributed by atoms with Crippen molar-refractivity contribution in [3.05, 3.63) is 59.2 Å². The Morgan fingerprint density at radius 1 is 1.00 bits per heavy atom. The predicted molar refractivity (Wildman–Crippen MR) is 101 cm³/mol. The van der Waals surface area contributed by atoms with Crippen molar-refractivity contribution in [1.82, 2.24) is 0 Å². The number of hydrogen-bond acceptors (Lipinski definition) is 6. The van der Waals surface area contributed by atoms with Crippen LogP contribution < -0.4 is 20.1 Å². The minimum atomic E-state index is -0.336. The molecule has 1 aromatic carbocycles. The number of amides is 1. The molecule has 3 rings (SSSR count). The molecule has 0 radical (unpaired) electrons. The molecule has 2 N–H and O–H groups in total. The summed E-state index contributed by atoms with van der Waals surface area (Å²) in [5.74, 6) is 3.02. The highest BCUT2D eigenvalue weighted by Gasteiger charge is 2.25. The zero-order chi connectivity index (χ0) is 19.6. The number of rotatable bonds is 6. The van der Waals surface area contributed by atoms with Crippen molar-refractivity contribution in [3.8, 4) is 11.5 Å². The monoisotopic (exact) mass is 370 g/mol. The minimum Gasteiger partial charge on any atom is -0.493 e. The first-order valence-electron chi connectivity index (χ1n) is 8.38. The van der Waals surface area contributed by atoms with Crippen molar-refractivity contribution in [2.45, 2.75) is 20.4 Å². The number of aryl methyl sites for hydroxylation is 2. The molecule has 0 aliphatic carbocycles. The van der Waals surface area contributed by atoms with Crippen LogP contribution in [0.5, 0.6) is 11.5 Å². The number of nitrogen functional groups attached to an aromatic ring is 1. The van der Waals surface area contributed by atoms with Crippen LogP contribution in [-0.2, 0) is 6.54 Å². The van der Waals surface area contributed by atoms with E-state index in [9.17, 15) is 4.79 Å². The zero-order valence-electron chi connectivity index (χ0n) is 15.7. The fraction of sp³-hybridized carbons (Fsp3) is 0.250. The standard InChI is InChI=1S/C20H22N2O5/c1-12-5-7-14(26-12)11-22(19-8-6-13(2)27-19)20(23)15-9-17(24-3)18(25-4)10-16(15)21/h5-10H,11,21H2,1-4H3. The number of hydrogen-bond donors (Lipinski definition) is 1. The Bertz CT molecular complexity index is 957. The Morgan fingerprint density at radius 2 is 1.63 bits per heavy atom. The van der Waals surface area contributed by atoms with Gasteiger partial charge in [-0.05, 0) is 38.1 Å². The summed E-state index contributed by atoms with van der Waals surface area (Å²) in [6, 6.07) is 10.3. The zero-order valence-corrected chi connectivity index (χ0v) is 15.7. The summed E-state index contributed by atoms with van der Waals surface area (Å²) in [6.07, 6.45) is 0. The number of anilines is 2. The highest BCUT2D eigenvalue weighted by atomic mass is 16.5. The van der Waals surface area contributed by atoms with Gasteiger partial charge in [0.2, 0.25) is 5.88 Å². The molecule has 0 atom stereocenters. The van der Waals surface area contributed by atoms with Crippen LogP contribution >= 0.6 is 0 Å². The lowest BCUT2D eigenvalue weighted by molar-refractivity contribution is 0.0979. The van der Waals surface area contributed by atoms with E-state index >= 15 is 0 Å². The van der Waals surface area contributed by atoms with Gasteiger partial charge in [-0.1, -0.05) is 0 Å². The van der Waals surface area contributed by atoms with Gasteiger partial charge in [0.1, 0.15) is 17.3 Å². The van der Waals surface area contributed by atoms with Crippen LogP contribution in [0.2, 0.25) is 0 Å². The second kappa shape index (κ2) is 7.49. The van der Waals surface area contributed by atoms with Crippen LogP contribution in [0.4, 0.5) is 11.6 Å². The Morgan fingerprint density at radius 3 is 2.19 bits per heavy atom. The molecule has 0 saturated heterocycles. The van der Waals surface area contributed by atoms with Crippen LogP contribution in [0.25, 0.3) is 0 Å². The van der Waals surface area contributed by atoms with E-state index < -0.39 is 0 Å². The number of furan rings is 2. The quantitative estimate of drug-likeness (QED) is 0.661. The number of carbonyl (C=O) groups excluding carboxylic acids is 1. The van der Waals surface area contributed by atoms with E-state index in [0.29, 0.717) is 28.9 Å². The summed E-state index contributed by atoms with van der Waals surface area (Å²) >= 11 is 0. The summed E-state index contributed by atoms with van der Waals surface area (Å²) in [6.45, 7) is 3.86. The highest BCUT2D eigenvalue weighted by molar-refractivity contribution is 6.09. The normalized spacial score (nSPS) is 10.7. The Labute approximate surface area is 157 Å². The van der Waals surface area contributed by atoms with Gasteiger partial charge < -0.3 is 24.0 Å². The van der Waals surface area contributed by atoms with Gasteiger partial charge in [-0.2, -0.15) is 0 Å². The molecule has 27 heavy (non-hydrogen) atoms. The van der Waals surface area contributed by atoms with Gasteiger partial charge in [-0.25, -0.2) is 0 Å². The molecule has 0 bridgehead atoms. The number of methoxy groups -OCH3 is 2. The van der Waals surface area contributed by atoms with Gasteiger partial charge in [0.15, 0.2) is 11.5 Å². The first-order chi connectivity index (χ1) is 12.9. The number of carbonyl (C=O) groups is 1. The second-order valence-electron chi connectivity index (χ2n) is 6.08. The summed E-state index contributed by atoms with van der Waals surface area (Å²) in [5.41, 5.74) is 6.66. The van der Waals surface area contributed by atoms with Crippen LogP contribution in [0.15, 0.2) is 45.2 Å². The van der Waals surface area contributed by atoms with Crippen molar-refractivity contribution in [3.63, 3.8) is 0 Å². The molecule has 3 aromatic rings. The molecule has 0 fully saturated rings. The minimum absolute atomic E-state index is 0.202. The maximum Gasteiger partial charge on any atom is 0.263 e. The number of benzene rings is 1. The van der Waals surface area contributed by atoms with Crippen molar-refractivity contribution in [1.29, 1.82) is 0 Å². The molecule has 0 spiro atoms. The Hall–Kier alpha value is -3.35. The summed E-state index contributed by atoms with van der Waals surface area (Å²) in [7, 11) is 3.01. The van der Waals surface area contributed by atoms with Crippen LogP contribution in [0.3, 0.4) is 0 Å². The van der Waals surface area contributed by atoms with Crippen molar-refractivity contribution < 1.29 is 23.1 Å². The summed E-state index contributed by atoms with van der Waals surface area (Å²) in [5, 5.41) is 0. The predicted octanol–water partition coefficient (Wildman–Crippen LogP) is 3.94. The van der Waals surface area contributed by atoms with Gasteiger partial charge in [-0.15, -0.1) is 0 Å². The van der Waals surface area contributed by atoms with E-state index in [1.54, 1.807) is 24.3 Å². The lowest BCUT2D eigenvalue weighted by atomic mass is 10.1. The molecule has 0 aliphatic heterocycles. The molecule has 7 heteroatoms. The molecule has 0 unspecified atom stereocenters. The fourth-order valence-corrected chi connectivity index (χ4v) is 2.77. The van der Waals surface area contributed by atoms with Crippen molar-refractivity contribution >= 4 is 17.5 Å². The average molecular weight is 370 g/mol. The maximum atomic E-state index is 13.3. The van der Waals surface area contributed by atoms with E-state index in [2.05, 4.69) is 0 Å². The first-order valence-corrected chi connectivity index (χ1v) is 8.38. The molecule has 2 heterocycles. The van der Waals surface area contributed by atoms with Gasteiger partial charge in [-0.3, -0.25) is 9.69 Å². The topological polar surface area (TPSA) is 91.1 Å². The van der Waals surface area contributed by atoms with Crippen LogP contribution in [-0.4, -0.2) is 20.1 Å². The van der Waals surface area contributed by atoms with Crippen LogP contribution in [0.1, 0.15) is 27.6 Å². The molecule has 7 nitrogen and oxygen atoms in total. The molecule has 2 aromatic heterocycles. The number of nitrogens with two attached hydrogens (primary N) is 1. The van der Waals surface area contributed by atoms with Gasteiger partial charge in [0.05, 0.1) is 26.3 Å². The highest BCUT2D eigenvalue weighted by Crippen LogP contribution is 2.34. The molecule has 1 amide bonds. The van der Waals surface area contributed by atoms with Crippen LogP contribution in [0, 0.1) is 13.8 Å². The third kappa shape index (κ3) is 3.76. The lowest BCUT2D eigenvalue weighted by Gasteiger charge is -2.21. The molecule has 0 aliphatic rings. The first kappa shape index (κ1) is 18.4. The van der Waals surface area contributed by atoms with E-state index in [-0.39, 0.29) is 23.7 Å². The second-order valence-corrected chi connectivity index (χ2v) is 6.08. The average Bonchev–Trinajstić information content (AvgIpc) is 3.26. The number of nitrogens with zero attached hydrogens (tertiary/aromatic N) is 1. The maximum absolute atomic E-state index is 13.3. The number of ether oxygens (including phenoxy) is 2. The van der Waals surface area contributed by atoms with Gasteiger partial charge >= 0.3 is 0 Å². The van der Waals surface area contributed by atoms with E-state index in [1.165, 1.54) is 19.1 Å². The van der Waals surface area contributed by atoms with Crippen molar-refractivity contribution in [2.75, 3.05) is 24.9 Å². The third-order valence-electron chi connectivity index (χ3n) is 4.13. The SMILES string of the molecule is COc1cc(N)c(C(=O)N(Cc2ccc(C)o2)c2ccc(C)o2)cc1OC. The lowest BCUT2D eigenvalue weighted by Crippen LogP contribution is -2.30. The van der Waals surface area contributed by atoms with Gasteiger partial charge in [0, 0.05) is 17.8 Å². The molecular formula is C20H22N2O5. The summed E-state index contributed by atoms with van der Waals surface area (Å²) < 4.78 is 21.8. The van der Waals surface area contributed by atoms with Crippen molar-refractivity contribution in [2.24, 2.45) is 0 Å². The molecular weight excluding hydrogens is 348 g/mol. The summed E-state index contributed by atoms with van der Waals surface area (Å²) in [4.78, 5) is 14.8. The Balaban J connectivity index is 2.02. The van der Waals surface area contributed by atoms with Gasteiger partial charge in [0.25, 0.3) is 5.91 Å².